The summed E-state index contributed by atoms with van der Waals surface area (Å²) in [5.41, 5.74) is 2.29. The van der Waals surface area contributed by atoms with Crippen molar-refractivity contribution in [2.45, 2.75) is 63.6 Å². The Labute approximate surface area is 231 Å². The Morgan fingerprint density at radius 1 is 1.03 bits per heavy atom. The minimum Gasteiger partial charge on any atom is -0.353 e. The van der Waals surface area contributed by atoms with Crippen molar-refractivity contribution in [3.05, 3.63) is 64.7 Å². The standard InChI is InChI=1S/C28H30ClN5O3S/c29-21-12-6-4-8-18(21)16-30-25(36)17-38-28-33-22-13-7-5-11-20(22)26-32-23(27(37)34(26)28)14-15-24(35)31-19-9-2-1-3-10-19/h4-8,11-13,19,23H,1-3,9-10,14-17H2,(H,30,36)(H,31,35). The van der Waals surface area contributed by atoms with Crippen LogP contribution >= 0.6 is 23.4 Å². The van der Waals surface area contributed by atoms with Crippen LogP contribution in [-0.4, -0.2) is 51.5 Å². The van der Waals surface area contributed by atoms with Crippen molar-refractivity contribution in [2.75, 3.05) is 5.75 Å². The molecule has 0 aromatic heterocycles. The SMILES string of the molecule is O=C(CSC1=Nc2ccccc2C2=NC(CCC(=O)NC3CCCCC3)C(=O)N12)NCc1ccccc1Cl. The molecule has 1 atom stereocenters. The van der Waals surface area contributed by atoms with E-state index < -0.39 is 6.04 Å². The summed E-state index contributed by atoms with van der Waals surface area (Å²) in [6, 6.07) is 14.4. The minimum absolute atomic E-state index is 0.0337. The molecule has 3 amide bonds. The summed E-state index contributed by atoms with van der Waals surface area (Å²) in [6.07, 6.45) is 6.12. The number of amidine groups is 2. The second-order valence-corrected chi connectivity index (χ2v) is 11.0. The summed E-state index contributed by atoms with van der Waals surface area (Å²) >= 11 is 7.37. The van der Waals surface area contributed by atoms with Crippen LogP contribution in [0.15, 0.2) is 58.5 Å². The number of nitrogens with one attached hydrogen (secondary N) is 2. The number of nitrogens with zero attached hydrogens (tertiary/aromatic N) is 3. The maximum Gasteiger partial charge on any atom is 0.259 e. The highest BCUT2D eigenvalue weighted by Crippen LogP contribution is 2.34. The third-order valence-corrected chi connectivity index (χ3v) is 8.24. The zero-order valence-corrected chi connectivity index (χ0v) is 22.6. The molecule has 2 N–H and O–H groups in total. The quantitative estimate of drug-likeness (QED) is 0.501. The van der Waals surface area contributed by atoms with Crippen molar-refractivity contribution in [3.63, 3.8) is 0 Å². The molecule has 8 nitrogen and oxygen atoms in total. The smallest absolute Gasteiger partial charge is 0.259 e. The molecular formula is C28H30ClN5O3S. The van der Waals surface area contributed by atoms with Gasteiger partial charge in [0.2, 0.25) is 11.8 Å². The van der Waals surface area contributed by atoms with E-state index in [0.717, 1.165) is 36.8 Å². The number of aliphatic imine (C=N–C) groups is 2. The second kappa shape index (κ2) is 12.1. The summed E-state index contributed by atoms with van der Waals surface area (Å²) in [5.74, 6) is 0.155. The highest BCUT2D eigenvalue weighted by Gasteiger charge is 2.41. The molecule has 1 unspecified atom stereocenters. The lowest BCUT2D eigenvalue weighted by atomic mass is 9.95. The fraction of sp³-hybridized carbons (Fsp3) is 0.393. The van der Waals surface area contributed by atoms with Crippen LogP contribution in [0.3, 0.4) is 0 Å². The molecule has 1 aliphatic carbocycles. The molecule has 198 valence electrons. The molecule has 0 bridgehead atoms. The zero-order chi connectivity index (χ0) is 26.5. The van der Waals surface area contributed by atoms with Crippen molar-refractivity contribution >= 4 is 57.8 Å². The number of hydrogen-bond acceptors (Lipinski definition) is 6. The number of carbonyl (C=O) groups is 3. The first-order valence-corrected chi connectivity index (χ1v) is 14.4. The van der Waals surface area contributed by atoms with Crippen LogP contribution in [0.5, 0.6) is 0 Å². The summed E-state index contributed by atoms with van der Waals surface area (Å²) in [4.78, 5) is 49.5. The van der Waals surface area contributed by atoms with Crippen molar-refractivity contribution in [1.29, 1.82) is 0 Å². The van der Waals surface area contributed by atoms with Gasteiger partial charge in [0.25, 0.3) is 5.91 Å². The predicted octanol–water partition coefficient (Wildman–Crippen LogP) is 4.58. The van der Waals surface area contributed by atoms with Crippen LogP contribution in [0.4, 0.5) is 5.69 Å². The van der Waals surface area contributed by atoms with E-state index in [-0.39, 0.29) is 35.9 Å². The van der Waals surface area contributed by atoms with Crippen LogP contribution < -0.4 is 10.6 Å². The minimum atomic E-state index is -0.659. The van der Waals surface area contributed by atoms with Crippen molar-refractivity contribution < 1.29 is 14.4 Å². The molecule has 1 saturated carbocycles. The van der Waals surface area contributed by atoms with Gasteiger partial charge < -0.3 is 10.6 Å². The average molecular weight is 552 g/mol. The van der Waals surface area contributed by atoms with E-state index >= 15 is 0 Å². The Morgan fingerprint density at radius 2 is 1.79 bits per heavy atom. The van der Waals surface area contributed by atoms with E-state index in [0.29, 0.717) is 34.7 Å². The first-order valence-electron chi connectivity index (χ1n) is 13.0. The number of fused-ring (bicyclic) bond motifs is 3. The molecule has 2 heterocycles. The zero-order valence-electron chi connectivity index (χ0n) is 21.0. The molecule has 5 rings (SSSR count). The van der Waals surface area contributed by atoms with Crippen LogP contribution in [0.1, 0.15) is 56.1 Å². The molecule has 0 saturated heterocycles. The van der Waals surface area contributed by atoms with Crippen LogP contribution in [-0.2, 0) is 20.9 Å². The highest BCUT2D eigenvalue weighted by molar-refractivity contribution is 8.14. The van der Waals surface area contributed by atoms with Gasteiger partial charge in [0.15, 0.2) is 5.17 Å². The van der Waals surface area contributed by atoms with Crippen molar-refractivity contribution in [1.82, 2.24) is 15.5 Å². The number of thioether (sulfide) groups is 1. The van der Waals surface area contributed by atoms with Gasteiger partial charge in [-0.1, -0.05) is 73.0 Å². The van der Waals surface area contributed by atoms with E-state index in [2.05, 4.69) is 15.6 Å². The number of para-hydroxylation sites is 1. The third kappa shape index (κ3) is 6.10. The van der Waals surface area contributed by atoms with Crippen LogP contribution in [0.2, 0.25) is 5.02 Å². The molecule has 0 spiro atoms. The summed E-state index contributed by atoms with van der Waals surface area (Å²) in [6.45, 7) is 0.314. The van der Waals surface area contributed by atoms with Gasteiger partial charge >= 0.3 is 0 Å². The largest absolute Gasteiger partial charge is 0.353 e. The Hall–Kier alpha value is -3.17. The van der Waals surface area contributed by atoms with Gasteiger partial charge in [0.1, 0.15) is 11.9 Å². The first-order chi connectivity index (χ1) is 18.5. The molecule has 10 heteroatoms. The maximum atomic E-state index is 13.4. The monoisotopic (exact) mass is 551 g/mol. The van der Waals surface area contributed by atoms with Crippen LogP contribution in [0, 0.1) is 0 Å². The van der Waals surface area contributed by atoms with Gasteiger partial charge in [-0.3, -0.25) is 19.4 Å². The molecule has 3 aliphatic rings. The van der Waals surface area contributed by atoms with Gasteiger partial charge in [-0.2, -0.15) is 0 Å². The fourth-order valence-electron chi connectivity index (χ4n) is 4.92. The normalized spacial score (nSPS) is 18.8. The summed E-state index contributed by atoms with van der Waals surface area (Å²) in [7, 11) is 0. The predicted molar refractivity (Wildman–Crippen MR) is 151 cm³/mol. The summed E-state index contributed by atoms with van der Waals surface area (Å²) < 4.78 is 0. The molecule has 2 aliphatic heterocycles. The van der Waals surface area contributed by atoms with E-state index in [4.69, 9.17) is 16.6 Å². The highest BCUT2D eigenvalue weighted by atomic mass is 35.5. The van der Waals surface area contributed by atoms with Gasteiger partial charge in [0.05, 0.1) is 11.4 Å². The molecule has 38 heavy (non-hydrogen) atoms. The second-order valence-electron chi connectivity index (χ2n) is 9.65. The van der Waals surface area contributed by atoms with E-state index in [9.17, 15) is 14.4 Å². The first kappa shape index (κ1) is 26.4. The number of rotatable bonds is 8. The number of carbonyl (C=O) groups excluding carboxylic acids is 3. The van der Waals surface area contributed by atoms with Gasteiger partial charge in [-0.25, -0.2) is 9.89 Å². The number of halogens is 1. The Bertz CT molecular complexity index is 1290. The molecular weight excluding hydrogens is 522 g/mol. The fourth-order valence-corrected chi connectivity index (χ4v) is 5.95. The summed E-state index contributed by atoms with van der Waals surface area (Å²) in [5, 5.41) is 6.98. The average Bonchev–Trinajstić information content (AvgIpc) is 3.27. The number of benzene rings is 2. The lowest BCUT2D eigenvalue weighted by Gasteiger charge is -2.25. The molecule has 0 radical (unpaired) electrons. The molecule has 1 fully saturated rings. The number of amides is 3. The Kier molecular flexibility index (Phi) is 8.44. The third-order valence-electron chi connectivity index (χ3n) is 6.93. The van der Waals surface area contributed by atoms with Gasteiger partial charge in [-0.05, 0) is 43.0 Å². The number of hydrogen-bond donors (Lipinski definition) is 2. The van der Waals surface area contributed by atoms with Crippen molar-refractivity contribution in [2.24, 2.45) is 9.98 Å². The van der Waals surface area contributed by atoms with E-state index in [1.54, 1.807) is 6.07 Å². The van der Waals surface area contributed by atoms with Gasteiger partial charge in [-0.15, -0.1) is 0 Å². The molecule has 2 aromatic rings. The Balaban J connectivity index is 1.22. The molecule has 2 aromatic carbocycles. The van der Waals surface area contributed by atoms with Crippen molar-refractivity contribution in [3.8, 4) is 0 Å². The lowest BCUT2D eigenvalue weighted by molar-refractivity contribution is -0.125. The topological polar surface area (TPSA) is 103 Å². The maximum absolute atomic E-state index is 13.4. The lowest BCUT2D eigenvalue weighted by Crippen LogP contribution is -2.42. The Morgan fingerprint density at radius 3 is 2.61 bits per heavy atom. The van der Waals surface area contributed by atoms with E-state index in [1.807, 2.05) is 42.5 Å². The van der Waals surface area contributed by atoms with Gasteiger partial charge in [0, 0.05) is 29.6 Å². The van der Waals surface area contributed by atoms with Crippen LogP contribution in [0.25, 0.3) is 0 Å². The van der Waals surface area contributed by atoms with E-state index in [1.165, 1.54) is 23.1 Å².